The zero-order chi connectivity index (χ0) is 13.0. The molecule has 5 nitrogen and oxygen atoms in total. The third kappa shape index (κ3) is 3.15. The van der Waals surface area contributed by atoms with Crippen LogP contribution in [0.5, 0.6) is 5.75 Å². The number of hydrogen-bond acceptors (Lipinski definition) is 4. The van der Waals surface area contributed by atoms with Gasteiger partial charge in [0.2, 0.25) is 5.91 Å². The molecule has 0 aliphatic heterocycles. The minimum Gasteiger partial charge on any atom is -0.494 e. The van der Waals surface area contributed by atoms with Gasteiger partial charge in [-0.2, -0.15) is 0 Å². The van der Waals surface area contributed by atoms with Crippen LogP contribution >= 0.6 is 0 Å². The molecule has 2 unspecified atom stereocenters. The standard InChI is InChI=1S/C11H14FNO4/c1-2-17-6-3-4-7(8(12)5-6)9(14)10(15)11(13)16/h3-5,9-10,14-15H,2H2,1H3,(H2,13,16). The Morgan fingerprint density at radius 3 is 2.65 bits per heavy atom. The van der Waals surface area contributed by atoms with Gasteiger partial charge < -0.3 is 20.7 Å². The molecule has 1 amide bonds. The van der Waals surface area contributed by atoms with Crippen molar-refractivity contribution in [3.63, 3.8) is 0 Å². The maximum absolute atomic E-state index is 13.5. The SMILES string of the molecule is CCOc1ccc(C(O)C(O)C(N)=O)c(F)c1. The van der Waals surface area contributed by atoms with Gasteiger partial charge in [-0.25, -0.2) is 4.39 Å². The van der Waals surface area contributed by atoms with Crippen LogP contribution in [0, 0.1) is 5.82 Å². The third-order valence-electron chi connectivity index (χ3n) is 2.19. The number of amides is 1. The number of carbonyl (C=O) groups excluding carboxylic acids is 1. The van der Waals surface area contributed by atoms with Gasteiger partial charge in [-0.1, -0.05) is 0 Å². The molecule has 0 aliphatic carbocycles. The van der Waals surface area contributed by atoms with Crippen molar-refractivity contribution in [2.45, 2.75) is 19.1 Å². The number of nitrogens with two attached hydrogens (primary N) is 1. The smallest absolute Gasteiger partial charge is 0.249 e. The number of rotatable bonds is 5. The van der Waals surface area contributed by atoms with E-state index in [0.717, 1.165) is 6.07 Å². The monoisotopic (exact) mass is 243 g/mol. The van der Waals surface area contributed by atoms with Gasteiger partial charge in [0, 0.05) is 11.6 Å². The highest BCUT2D eigenvalue weighted by atomic mass is 19.1. The average Bonchev–Trinajstić information content (AvgIpc) is 2.27. The molecule has 1 aromatic carbocycles. The Bertz CT molecular complexity index is 410. The van der Waals surface area contributed by atoms with Crippen LogP contribution < -0.4 is 10.5 Å². The summed E-state index contributed by atoms with van der Waals surface area (Å²) < 4.78 is 18.6. The van der Waals surface area contributed by atoms with E-state index in [1.807, 2.05) is 0 Å². The van der Waals surface area contributed by atoms with Gasteiger partial charge in [-0.15, -0.1) is 0 Å². The molecule has 0 aromatic heterocycles. The first-order valence-corrected chi connectivity index (χ1v) is 5.05. The van der Waals surface area contributed by atoms with Crippen LogP contribution in [-0.4, -0.2) is 28.8 Å². The Kier molecular flexibility index (Phi) is 4.42. The summed E-state index contributed by atoms with van der Waals surface area (Å²) in [4.78, 5) is 10.7. The molecule has 6 heteroatoms. The maximum atomic E-state index is 13.5. The van der Waals surface area contributed by atoms with E-state index in [1.54, 1.807) is 6.92 Å². The van der Waals surface area contributed by atoms with E-state index in [4.69, 9.17) is 10.5 Å². The van der Waals surface area contributed by atoms with E-state index in [2.05, 4.69) is 0 Å². The van der Waals surface area contributed by atoms with Crippen molar-refractivity contribution in [2.75, 3.05) is 6.61 Å². The molecule has 1 aromatic rings. The lowest BCUT2D eigenvalue weighted by Gasteiger charge is -2.16. The van der Waals surface area contributed by atoms with E-state index in [0.29, 0.717) is 12.4 Å². The number of aliphatic hydroxyl groups is 2. The number of primary amides is 1. The van der Waals surface area contributed by atoms with E-state index < -0.39 is 23.9 Å². The molecule has 94 valence electrons. The van der Waals surface area contributed by atoms with Gasteiger partial charge in [0.1, 0.15) is 17.7 Å². The lowest BCUT2D eigenvalue weighted by molar-refractivity contribution is -0.132. The van der Waals surface area contributed by atoms with Crippen LogP contribution in [0.1, 0.15) is 18.6 Å². The quantitative estimate of drug-likeness (QED) is 0.684. The summed E-state index contributed by atoms with van der Waals surface area (Å²) in [7, 11) is 0. The number of hydrogen-bond donors (Lipinski definition) is 3. The highest BCUT2D eigenvalue weighted by Gasteiger charge is 2.26. The summed E-state index contributed by atoms with van der Waals surface area (Å²) in [6.07, 6.45) is -3.54. The van der Waals surface area contributed by atoms with E-state index in [9.17, 15) is 19.4 Å². The van der Waals surface area contributed by atoms with E-state index in [1.165, 1.54) is 12.1 Å². The molecule has 0 radical (unpaired) electrons. The van der Waals surface area contributed by atoms with Crippen molar-refractivity contribution in [2.24, 2.45) is 5.73 Å². The lowest BCUT2D eigenvalue weighted by atomic mass is 10.0. The van der Waals surface area contributed by atoms with Gasteiger partial charge in [0.05, 0.1) is 6.61 Å². The molecule has 0 fully saturated rings. The summed E-state index contributed by atoms with van der Waals surface area (Å²) in [5, 5.41) is 18.8. The summed E-state index contributed by atoms with van der Waals surface area (Å²) in [5.41, 5.74) is 4.60. The zero-order valence-electron chi connectivity index (χ0n) is 9.26. The summed E-state index contributed by atoms with van der Waals surface area (Å²) in [5.74, 6) is -1.59. The molecule has 17 heavy (non-hydrogen) atoms. The van der Waals surface area contributed by atoms with Crippen LogP contribution in [-0.2, 0) is 4.79 Å². The summed E-state index contributed by atoms with van der Waals surface area (Å²) in [6, 6.07) is 3.73. The highest BCUT2D eigenvalue weighted by Crippen LogP contribution is 2.24. The minimum atomic E-state index is -1.84. The van der Waals surface area contributed by atoms with Crippen LogP contribution in [0.15, 0.2) is 18.2 Å². The van der Waals surface area contributed by atoms with Gasteiger partial charge in [0.15, 0.2) is 6.10 Å². The molecule has 0 spiro atoms. The highest BCUT2D eigenvalue weighted by molar-refractivity contribution is 5.79. The third-order valence-corrected chi connectivity index (χ3v) is 2.19. The van der Waals surface area contributed by atoms with E-state index in [-0.39, 0.29) is 5.56 Å². The van der Waals surface area contributed by atoms with Crippen LogP contribution in [0.3, 0.4) is 0 Å². The molecule has 0 saturated heterocycles. The second-order valence-electron chi connectivity index (χ2n) is 3.41. The van der Waals surface area contributed by atoms with Gasteiger partial charge in [-0.3, -0.25) is 4.79 Å². The molecule has 1 rings (SSSR count). The molecule has 0 bridgehead atoms. The molecular formula is C11H14FNO4. The summed E-state index contributed by atoms with van der Waals surface area (Å²) in [6.45, 7) is 2.13. The van der Waals surface area contributed by atoms with Gasteiger partial charge >= 0.3 is 0 Å². The first kappa shape index (κ1) is 13.4. The second-order valence-corrected chi connectivity index (χ2v) is 3.41. The van der Waals surface area contributed by atoms with E-state index >= 15 is 0 Å². The average molecular weight is 243 g/mol. The molecule has 0 saturated carbocycles. The number of ether oxygens (including phenoxy) is 1. The van der Waals surface area contributed by atoms with Crippen molar-refractivity contribution in [1.82, 2.24) is 0 Å². The Hall–Kier alpha value is -1.66. The fraction of sp³-hybridized carbons (Fsp3) is 0.364. The normalized spacial score (nSPS) is 14.1. The minimum absolute atomic E-state index is 0.209. The zero-order valence-corrected chi connectivity index (χ0v) is 9.26. The van der Waals surface area contributed by atoms with Crippen LogP contribution in [0.25, 0.3) is 0 Å². The number of benzene rings is 1. The Morgan fingerprint density at radius 2 is 2.18 bits per heavy atom. The number of aliphatic hydroxyl groups excluding tert-OH is 2. The lowest BCUT2D eigenvalue weighted by Crippen LogP contribution is -2.34. The first-order valence-electron chi connectivity index (χ1n) is 5.05. The molecule has 2 atom stereocenters. The van der Waals surface area contributed by atoms with Crippen molar-refractivity contribution in [3.8, 4) is 5.75 Å². The fourth-order valence-corrected chi connectivity index (χ4v) is 1.33. The molecule has 0 aliphatic rings. The second kappa shape index (κ2) is 5.60. The Balaban J connectivity index is 2.95. The van der Waals surface area contributed by atoms with Crippen molar-refractivity contribution in [3.05, 3.63) is 29.6 Å². The number of carbonyl (C=O) groups is 1. The van der Waals surface area contributed by atoms with Crippen molar-refractivity contribution in [1.29, 1.82) is 0 Å². The van der Waals surface area contributed by atoms with Crippen LogP contribution in [0.4, 0.5) is 4.39 Å². The van der Waals surface area contributed by atoms with Crippen molar-refractivity contribution >= 4 is 5.91 Å². The maximum Gasteiger partial charge on any atom is 0.249 e. The molecular weight excluding hydrogens is 229 g/mol. The topological polar surface area (TPSA) is 92.8 Å². The summed E-state index contributed by atoms with van der Waals surface area (Å²) >= 11 is 0. The predicted octanol–water partition coefficient (Wildman–Crippen LogP) is 0.104. The van der Waals surface area contributed by atoms with Crippen molar-refractivity contribution < 1.29 is 24.1 Å². The Labute approximate surface area is 97.6 Å². The Morgan fingerprint density at radius 1 is 1.53 bits per heavy atom. The predicted molar refractivity (Wildman–Crippen MR) is 57.7 cm³/mol. The van der Waals surface area contributed by atoms with Gasteiger partial charge in [-0.05, 0) is 19.1 Å². The number of halogens is 1. The first-order chi connectivity index (χ1) is 7.97. The van der Waals surface area contributed by atoms with Gasteiger partial charge in [0.25, 0.3) is 0 Å². The molecule has 0 heterocycles. The molecule has 4 N–H and O–H groups in total. The largest absolute Gasteiger partial charge is 0.494 e. The van der Waals surface area contributed by atoms with Crippen LogP contribution in [0.2, 0.25) is 0 Å². The fourth-order valence-electron chi connectivity index (χ4n) is 1.33.